The summed E-state index contributed by atoms with van der Waals surface area (Å²) in [6.45, 7) is 2.08. The summed E-state index contributed by atoms with van der Waals surface area (Å²) in [5.41, 5.74) is 2.42. The zero-order valence-electron chi connectivity index (χ0n) is 9.23. The highest BCUT2D eigenvalue weighted by Gasteiger charge is 2.17. The smallest absolute Gasteiger partial charge is 0.185 e. The van der Waals surface area contributed by atoms with E-state index in [-0.39, 0.29) is 11.5 Å². The van der Waals surface area contributed by atoms with Crippen LogP contribution in [0, 0.1) is 0 Å². The predicted octanol–water partition coefficient (Wildman–Crippen LogP) is 3.05. The molecule has 0 saturated heterocycles. The van der Waals surface area contributed by atoms with E-state index in [0.717, 1.165) is 6.42 Å². The SMILES string of the molecule is CCc1ccc(C(O)=C2CC=CC2=O)cc1. The second kappa shape index (κ2) is 4.35. The number of benzene rings is 1. The largest absolute Gasteiger partial charge is 0.507 e. The van der Waals surface area contributed by atoms with E-state index in [2.05, 4.69) is 6.92 Å². The molecule has 1 aliphatic rings. The summed E-state index contributed by atoms with van der Waals surface area (Å²) in [4.78, 5) is 11.4. The van der Waals surface area contributed by atoms with Crippen LogP contribution in [0.2, 0.25) is 0 Å². The summed E-state index contributed by atoms with van der Waals surface area (Å²) >= 11 is 0. The zero-order valence-corrected chi connectivity index (χ0v) is 9.23. The fourth-order valence-corrected chi connectivity index (χ4v) is 1.77. The minimum atomic E-state index is -0.0860. The normalized spacial score (nSPS) is 17.9. The number of aryl methyl sites for hydroxylation is 1. The maximum absolute atomic E-state index is 11.4. The van der Waals surface area contributed by atoms with Crippen LogP contribution < -0.4 is 0 Å². The van der Waals surface area contributed by atoms with Crippen LogP contribution in [0.5, 0.6) is 0 Å². The van der Waals surface area contributed by atoms with E-state index in [1.54, 1.807) is 6.08 Å². The summed E-state index contributed by atoms with van der Waals surface area (Å²) in [6.07, 6.45) is 4.78. The monoisotopic (exact) mass is 214 g/mol. The van der Waals surface area contributed by atoms with Crippen molar-refractivity contribution in [1.82, 2.24) is 0 Å². The lowest BCUT2D eigenvalue weighted by molar-refractivity contribution is -0.111. The van der Waals surface area contributed by atoms with Crippen LogP contribution in [0.1, 0.15) is 24.5 Å². The van der Waals surface area contributed by atoms with Crippen molar-refractivity contribution in [1.29, 1.82) is 0 Å². The van der Waals surface area contributed by atoms with Gasteiger partial charge in [-0.1, -0.05) is 37.3 Å². The average Bonchev–Trinajstić information content (AvgIpc) is 2.75. The molecule has 0 aliphatic heterocycles. The topological polar surface area (TPSA) is 37.3 Å². The van der Waals surface area contributed by atoms with Gasteiger partial charge in [-0.2, -0.15) is 0 Å². The van der Waals surface area contributed by atoms with E-state index in [0.29, 0.717) is 17.6 Å². The van der Waals surface area contributed by atoms with E-state index in [4.69, 9.17) is 0 Å². The molecule has 0 bridgehead atoms. The number of rotatable bonds is 2. The Balaban J connectivity index is 2.33. The molecule has 0 radical (unpaired) electrons. The highest BCUT2D eigenvalue weighted by atomic mass is 16.3. The molecule has 2 rings (SSSR count). The molecule has 0 spiro atoms. The van der Waals surface area contributed by atoms with Gasteiger partial charge in [-0.25, -0.2) is 0 Å². The standard InChI is InChI=1S/C14H14O2/c1-2-10-6-8-11(9-7-10)14(16)12-4-3-5-13(12)15/h3,5-9,16H,2,4H2,1H3. The molecule has 0 heterocycles. The second-order valence-electron chi connectivity index (χ2n) is 3.85. The van der Waals surface area contributed by atoms with Crippen LogP contribution >= 0.6 is 0 Å². The molecule has 0 aromatic heterocycles. The van der Waals surface area contributed by atoms with E-state index >= 15 is 0 Å². The maximum atomic E-state index is 11.4. The predicted molar refractivity (Wildman–Crippen MR) is 64.1 cm³/mol. The van der Waals surface area contributed by atoms with Crippen molar-refractivity contribution in [3.8, 4) is 0 Å². The van der Waals surface area contributed by atoms with Gasteiger partial charge in [0.2, 0.25) is 0 Å². The Morgan fingerprint density at radius 3 is 2.50 bits per heavy atom. The molecule has 1 aromatic carbocycles. The molecule has 1 aromatic rings. The van der Waals surface area contributed by atoms with E-state index in [1.807, 2.05) is 24.3 Å². The Kier molecular flexibility index (Phi) is 2.91. The first-order valence-corrected chi connectivity index (χ1v) is 5.44. The first-order chi connectivity index (χ1) is 7.72. The lowest BCUT2D eigenvalue weighted by Crippen LogP contribution is -1.97. The number of allylic oxidation sites excluding steroid dienone is 3. The first-order valence-electron chi connectivity index (χ1n) is 5.44. The molecule has 1 aliphatic carbocycles. The van der Waals surface area contributed by atoms with Crippen molar-refractivity contribution in [3.63, 3.8) is 0 Å². The van der Waals surface area contributed by atoms with Crippen molar-refractivity contribution in [3.05, 3.63) is 53.1 Å². The average molecular weight is 214 g/mol. The number of aliphatic hydroxyl groups excluding tert-OH is 1. The fourth-order valence-electron chi connectivity index (χ4n) is 1.77. The van der Waals surface area contributed by atoms with Gasteiger partial charge in [-0.05, 0) is 24.5 Å². The van der Waals surface area contributed by atoms with Gasteiger partial charge < -0.3 is 5.11 Å². The highest BCUT2D eigenvalue weighted by Crippen LogP contribution is 2.23. The molecule has 2 heteroatoms. The quantitative estimate of drug-likeness (QED) is 0.607. The Morgan fingerprint density at radius 2 is 2.00 bits per heavy atom. The summed E-state index contributed by atoms with van der Waals surface area (Å²) < 4.78 is 0. The van der Waals surface area contributed by atoms with Crippen LogP contribution in [0.25, 0.3) is 5.76 Å². The molecular weight excluding hydrogens is 200 g/mol. The molecule has 2 nitrogen and oxygen atoms in total. The Morgan fingerprint density at radius 1 is 1.31 bits per heavy atom. The van der Waals surface area contributed by atoms with Crippen LogP contribution in [0.15, 0.2) is 42.0 Å². The third-order valence-corrected chi connectivity index (χ3v) is 2.81. The minimum absolute atomic E-state index is 0.0860. The Labute approximate surface area is 94.9 Å². The first kappa shape index (κ1) is 10.7. The van der Waals surface area contributed by atoms with Crippen LogP contribution in [0.3, 0.4) is 0 Å². The molecule has 82 valence electrons. The molecule has 1 N–H and O–H groups in total. The van der Waals surface area contributed by atoms with Gasteiger partial charge in [0.1, 0.15) is 5.76 Å². The molecule has 0 unspecified atom stereocenters. The summed E-state index contributed by atoms with van der Waals surface area (Å²) in [5.74, 6) is 0.0229. The van der Waals surface area contributed by atoms with E-state index < -0.39 is 0 Å². The van der Waals surface area contributed by atoms with Crippen molar-refractivity contribution in [2.24, 2.45) is 0 Å². The fraction of sp³-hybridized carbons (Fsp3) is 0.214. The highest BCUT2D eigenvalue weighted by molar-refractivity contribution is 6.10. The van der Waals surface area contributed by atoms with Gasteiger partial charge in [0, 0.05) is 11.1 Å². The van der Waals surface area contributed by atoms with E-state index in [9.17, 15) is 9.90 Å². The minimum Gasteiger partial charge on any atom is -0.507 e. The second-order valence-corrected chi connectivity index (χ2v) is 3.85. The van der Waals surface area contributed by atoms with Crippen molar-refractivity contribution >= 4 is 11.5 Å². The van der Waals surface area contributed by atoms with Gasteiger partial charge in [0.25, 0.3) is 0 Å². The van der Waals surface area contributed by atoms with E-state index in [1.165, 1.54) is 11.6 Å². The molecule has 0 amide bonds. The van der Waals surface area contributed by atoms with Gasteiger partial charge in [-0.15, -0.1) is 0 Å². The lowest BCUT2D eigenvalue weighted by atomic mass is 10.0. The number of hydrogen-bond donors (Lipinski definition) is 1. The number of aliphatic hydroxyl groups is 1. The molecule has 0 saturated carbocycles. The maximum Gasteiger partial charge on any atom is 0.185 e. The Hall–Kier alpha value is -1.83. The third-order valence-electron chi connectivity index (χ3n) is 2.81. The lowest BCUT2D eigenvalue weighted by Gasteiger charge is -2.05. The van der Waals surface area contributed by atoms with Gasteiger partial charge >= 0.3 is 0 Å². The van der Waals surface area contributed by atoms with Crippen molar-refractivity contribution < 1.29 is 9.90 Å². The Bertz CT molecular complexity index is 464. The van der Waals surface area contributed by atoms with Crippen LogP contribution in [-0.2, 0) is 11.2 Å². The molecule has 0 atom stereocenters. The number of hydrogen-bond acceptors (Lipinski definition) is 2. The molecule has 0 fully saturated rings. The number of ketones is 1. The third kappa shape index (κ3) is 1.91. The summed E-state index contributed by atoms with van der Waals surface area (Å²) in [6, 6.07) is 7.65. The van der Waals surface area contributed by atoms with Gasteiger partial charge in [0.15, 0.2) is 5.78 Å². The zero-order chi connectivity index (χ0) is 11.5. The van der Waals surface area contributed by atoms with Gasteiger partial charge in [-0.3, -0.25) is 4.79 Å². The summed E-state index contributed by atoms with van der Waals surface area (Å²) in [7, 11) is 0. The molecular formula is C14H14O2. The van der Waals surface area contributed by atoms with Crippen LogP contribution in [0.4, 0.5) is 0 Å². The van der Waals surface area contributed by atoms with Gasteiger partial charge in [0.05, 0.1) is 0 Å². The van der Waals surface area contributed by atoms with Crippen molar-refractivity contribution in [2.45, 2.75) is 19.8 Å². The van der Waals surface area contributed by atoms with Crippen LogP contribution in [-0.4, -0.2) is 10.9 Å². The summed E-state index contributed by atoms with van der Waals surface area (Å²) in [5, 5.41) is 9.97. The number of carbonyl (C=O) groups excluding carboxylic acids is 1. The molecule has 16 heavy (non-hydrogen) atoms. The number of carbonyl (C=O) groups is 1. The van der Waals surface area contributed by atoms with Crippen molar-refractivity contribution in [2.75, 3.05) is 0 Å².